The van der Waals surface area contributed by atoms with E-state index in [0.29, 0.717) is 21.9 Å². The largest absolute Gasteiger partial charge is 0.435 e. The van der Waals surface area contributed by atoms with Gasteiger partial charge in [0.05, 0.1) is 21.4 Å². The highest BCUT2D eigenvalue weighted by atomic mass is 35.5. The lowest BCUT2D eigenvalue weighted by atomic mass is 10.2. The number of hydrogen-bond acceptors (Lipinski definition) is 3. The number of H-pyrrole nitrogens is 1. The molecular weight excluding hydrogens is 352 g/mol. The molecule has 0 aliphatic heterocycles. The first-order valence-corrected chi connectivity index (χ1v) is 7.66. The van der Waals surface area contributed by atoms with Gasteiger partial charge in [-0.25, -0.2) is 9.67 Å². The van der Waals surface area contributed by atoms with Gasteiger partial charge in [0.25, 0.3) is 5.56 Å². The van der Waals surface area contributed by atoms with E-state index >= 15 is 0 Å². The molecule has 25 heavy (non-hydrogen) atoms. The summed E-state index contributed by atoms with van der Waals surface area (Å²) in [7, 11) is 0. The van der Waals surface area contributed by atoms with Crippen molar-refractivity contribution >= 4 is 33.4 Å². The maximum absolute atomic E-state index is 12.3. The number of aromatic amines is 1. The Kier molecular flexibility index (Phi) is 3.65. The molecule has 0 unspecified atom stereocenters. The summed E-state index contributed by atoms with van der Waals surface area (Å²) in [6.45, 7) is -2.96. The molecule has 0 saturated carbocycles. The van der Waals surface area contributed by atoms with Gasteiger partial charge in [0.15, 0.2) is 5.82 Å². The van der Waals surface area contributed by atoms with Crippen molar-refractivity contribution < 1.29 is 13.5 Å². The van der Waals surface area contributed by atoms with Gasteiger partial charge in [-0.1, -0.05) is 23.7 Å². The first-order valence-electron chi connectivity index (χ1n) is 7.28. The maximum atomic E-state index is 12.3. The predicted molar refractivity (Wildman–Crippen MR) is 90.8 cm³/mol. The number of para-hydroxylation sites is 1. The van der Waals surface area contributed by atoms with Gasteiger partial charge in [-0.15, -0.1) is 0 Å². The molecule has 0 atom stereocenters. The lowest BCUT2D eigenvalue weighted by Gasteiger charge is -2.07. The van der Waals surface area contributed by atoms with Gasteiger partial charge in [-0.3, -0.25) is 9.89 Å². The standard InChI is InChI=1S/C17H10ClF2N3O2/c18-12-3-1-2-9-4-7-14(21-15(9)12)23-13-6-5-10(25-17(19)20)8-11(13)16(24)22-23/h1-8,17H,(H,22,24). The second-order valence-corrected chi connectivity index (χ2v) is 5.72. The van der Waals surface area contributed by atoms with Crippen molar-refractivity contribution in [3.05, 3.63) is 63.9 Å². The van der Waals surface area contributed by atoms with Crippen molar-refractivity contribution in [3.63, 3.8) is 0 Å². The van der Waals surface area contributed by atoms with Gasteiger partial charge >= 0.3 is 6.61 Å². The number of rotatable bonds is 3. The number of pyridine rings is 1. The van der Waals surface area contributed by atoms with Crippen LogP contribution >= 0.6 is 11.6 Å². The molecule has 0 saturated heterocycles. The highest BCUT2D eigenvalue weighted by molar-refractivity contribution is 6.35. The van der Waals surface area contributed by atoms with Crippen molar-refractivity contribution in [2.75, 3.05) is 0 Å². The molecule has 0 amide bonds. The second kappa shape index (κ2) is 5.86. The van der Waals surface area contributed by atoms with Crippen LogP contribution in [0.4, 0.5) is 8.78 Å². The smallest absolute Gasteiger partial charge is 0.387 e. The number of ether oxygens (including phenoxy) is 1. The summed E-state index contributed by atoms with van der Waals surface area (Å²) in [5.74, 6) is 0.371. The van der Waals surface area contributed by atoms with Crippen LogP contribution in [0.3, 0.4) is 0 Å². The number of aromatic nitrogens is 3. The molecule has 0 aliphatic rings. The fourth-order valence-electron chi connectivity index (χ4n) is 2.70. The topological polar surface area (TPSA) is 59.9 Å². The van der Waals surface area contributed by atoms with Crippen LogP contribution in [0.2, 0.25) is 5.02 Å². The third-order valence-corrected chi connectivity index (χ3v) is 4.08. The Hall–Kier alpha value is -2.93. The Bertz CT molecular complexity index is 1150. The van der Waals surface area contributed by atoms with Crippen molar-refractivity contribution in [1.82, 2.24) is 14.8 Å². The number of halogens is 3. The lowest BCUT2D eigenvalue weighted by molar-refractivity contribution is -0.0497. The third-order valence-electron chi connectivity index (χ3n) is 3.78. The maximum Gasteiger partial charge on any atom is 0.387 e. The molecule has 8 heteroatoms. The predicted octanol–water partition coefficient (Wildman–Crippen LogP) is 4.12. The summed E-state index contributed by atoms with van der Waals surface area (Å²) in [6.07, 6.45) is 0. The molecule has 126 valence electrons. The van der Waals surface area contributed by atoms with Crippen LogP contribution in [0.25, 0.3) is 27.6 Å². The van der Waals surface area contributed by atoms with Crippen LogP contribution in [0, 0.1) is 0 Å². The molecule has 5 nitrogen and oxygen atoms in total. The van der Waals surface area contributed by atoms with Crippen LogP contribution in [0.15, 0.2) is 53.3 Å². The number of nitrogens with zero attached hydrogens (tertiary/aromatic N) is 2. The molecule has 2 aromatic heterocycles. The van der Waals surface area contributed by atoms with Crippen LogP contribution in [0.5, 0.6) is 5.75 Å². The molecule has 4 aromatic rings. The quantitative estimate of drug-likeness (QED) is 0.597. The first kappa shape index (κ1) is 15.6. The number of hydrogen-bond donors (Lipinski definition) is 1. The normalized spacial score (nSPS) is 11.5. The number of nitrogens with one attached hydrogen (secondary N) is 1. The van der Waals surface area contributed by atoms with Gasteiger partial charge in [-0.05, 0) is 36.4 Å². The van der Waals surface area contributed by atoms with E-state index in [4.69, 9.17) is 11.6 Å². The Morgan fingerprint density at radius 2 is 2.00 bits per heavy atom. The van der Waals surface area contributed by atoms with E-state index in [2.05, 4.69) is 14.8 Å². The van der Waals surface area contributed by atoms with Gasteiger partial charge in [0, 0.05) is 5.39 Å². The molecule has 2 heterocycles. The first-order chi connectivity index (χ1) is 12.0. The van der Waals surface area contributed by atoms with Gasteiger partial charge in [-0.2, -0.15) is 8.78 Å². The summed E-state index contributed by atoms with van der Waals surface area (Å²) in [5, 5.41) is 4.22. The Morgan fingerprint density at radius 3 is 2.80 bits per heavy atom. The minimum atomic E-state index is -2.96. The summed E-state index contributed by atoms with van der Waals surface area (Å²) < 4.78 is 30.5. The summed E-state index contributed by atoms with van der Waals surface area (Å²) in [5.41, 5.74) is 0.656. The minimum Gasteiger partial charge on any atom is -0.435 e. The molecule has 0 radical (unpaired) electrons. The van der Waals surface area contributed by atoms with Crippen LogP contribution in [0.1, 0.15) is 0 Å². The van der Waals surface area contributed by atoms with Crippen molar-refractivity contribution in [3.8, 4) is 11.6 Å². The number of benzene rings is 2. The monoisotopic (exact) mass is 361 g/mol. The average molecular weight is 362 g/mol. The Labute approximate surface area is 144 Å². The van der Waals surface area contributed by atoms with Crippen LogP contribution in [-0.4, -0.2) is 21.4 Å². The van der Waals surface area contributed by atoms with Crippen molar-refractivity contribution in [2.45, 2.75) is 6.61 Å². The summed E-state index contributed by atoms with van der Waals surface area (Å²) >= 11 is 6.18. The zero-order valence-corrected chi connectivity index (χ0v) is 13.3. The zero-order valence-electron chi connectivity index (χ0n) is 12.5. The van der Waals surface area contributed by atoms with Gasteiger partial charge in [0.1, 0.15) is 5.75 Å². The van der Waals surface area contributed by atoms with E-state index in [1.807, 2.05) is 18.2 Å². The molecule has 0 spiro atoms. The average Bonchev–Trinajstić information content (AvgIpc) is 2.91. The van der Waals surface area contributed by atoms with E-state index in [1.54, 1.807) is 12.1 Å². The molecule has 1 N–H and O–H groups in total. The molecule has 0 aliphatic carbocycles. The van der Waals surface area contributed by atoms with E-state index in [9.17, 15) is 13.6 Å². The molecule has 0 bridgehead atoms. The van der Waals surface area contributed by atoms with Gasteiger partial charge in [0.2, 0.25) is 0 Å². The van der Waals surface area contributed by atoms with Crippen molar-refractivity contribution in [1.29, 1.82) is 0 Å². The van der Waals surface area contributed by atoms with Gasteiger partial charge < -0.3 is 4.74 Å². The molecule has 2 aromatic carbocycles. The summed E-state index contributed by atoms with van der Waals surface area (Å²) in [6, 6.07) is 13.2. The van der Waals surface area contributed by atoms with E-state index in [0.717, 1.165) is 5.39 Å². The lowest BCUT2D eigenvalue weighted by Crippen LogP contribution is -2.05. The highest BCUT2D eigenvalue weighted by Gasteiger charge is 2.13. The fourth-order valence-corrected chi connectivity index (χ4v) is 2.92. The van der Waals surface area contributed by atoms with E-state index < -0.39 is 12.2 Å². The fraction of sp³-hybridized carbons (Fsp3) is 0.0588. The number of alkyl halides is 2. The molecule has 4 rings (SSSR count). The molecule has 0 fully saturated rings. The highest BCUT2D eigenvalue weighted by Crippen LogP contribution is 2.25. The number of fused-ring (bicyclic) bond motifs is 2. The Morgan fingerprint density at radius 1 is 1.16 bits per heavy atom. The SMILES string of the molecule is O=c1[nH]n(-c2ccc3cccc(Cl)c3n2)c2ccc(OC(F)F)cc12. The minimum absolute atomic E-state index is 0.0831. The van der Waals surface area contributed by atoms with Crippen molar-refractivity contribution in [2.24, 2.45) is 0 Å². The van der Waals surface area contributed by atoms with Crippen LogP contribution in [-0.2, 0) is 0 Å². The zero-order chi connectivity index (χ0) is 17.6. The molecular formula is C17H10ClF2N3O2. The third kappa shape index (κ3) is 2.72. The van der Waals surface area contributed by atoms with E-state index in [1.165, 1.54) is 22.9 Å². The van der Waals surface area contributed by atoms with E-state index in [-0.39, 0.29) is 11.1 Å². The Balaban J connectivity index is 1.90. The summed E-state index contributed by atoms with van der Waals surface area (Å²) in [4.78, 5) is 16.7. The van der Waals surface area contributed by atoms with Crippen LogP contribution < -0.4 is 10.3 Å². The second-order valence-electron chi connectivity index (χ2n) is 5.31.